The number of β-amino-alcohol motifs (C(OH)–C–C–N with tert-alkyl or cyclic N) is 1. The Hall–Kier alpha value is -2.74. The number of aliphatic hydroxyl groups excluding tert-OH is 1. The monoisotopic (exact) mass is 414 g/mol. The van der Waals surface area contributed by atoms with Crippen molar-refractivity contribution in [3.8, 4) is 0 Å². The molecule has 0 unspecified atom stereocenters. The van der Waals surface area contributed by atoms with E-state index in [1.54, 1.807) is 28.6 Å². The predicted octanol–water partition coefficient (Wildman–Crippen LogP) is 1.51. The molecule has 0 radical (unpaired) electrons. The van der Waals surface area contributed by atoms with Gasteiger partial charge in [0.25, 0.3) is 5.91 Å². The lowest BCUT2D eigenvalue weighted by molar-refractivity contribution is -0.132. The van der Waals surface area contributed by atoms with Crippen molar-refractivity contribution in [1.29, 1.82) is 0 Å². The van der Waals surface area contributed by atoms with Crippen molar-refractivity contribution in [2.24, 2.45) is 7.05 Å². The summed E-state index contributed by atoms with van der Waals surface area (Å²) in [5.41, 5.74) is 1.15. The molecule has 3 rings (SSSR count). The van der Waals surface area contributed by atoms with Crippen LogP contribution < -0.4 is 10.7 Å². The minimum Gasteiger partial charge on any atom is -0.391 e. The molecule has 0 aromatic carbocycles. The highest BCUT2D eigenvalue weighted by Gasteiger charge is 2.30. The van der Waals surface area contributed by atoms with Crippen LogP contribution in [0.4, 0.5) is 0 Å². The van der Waals surface area contributed by atoms with E-state index >= 15 is 0 Å². The summed E-state index contributed by atoms with van der Waals surface area (Å²) in [7, 11) is 1.77. The highest BCUT2D eigenvalue weighted by Crippen LogP contribution is 2.19. The summed E-state index contributed by atoms with van der Waals surface area (Å²) in [5.74, 6) is -0.319. The van der Waals surface area contributed by atoms with E-state index in [-0.39, 0.29) is 22.9 Å². The Bertz CT molecular complexity index is 1000. The van der Waals surface area contributed by atoms with Gasteiger partial charge in [0, 0.05) is 44.5 Å². The fourth-order valence-electron chi connectivity index (χ4n) is 3.98. The van der Waals surface area contributed by atoms with Gasteiger partial charge in [0.2, 0.25) is 11.3 Å². The van der Waals surface area contributed by atoms with Crippen LogP contribution in [-0.4, -0.2) is 56.6 Å². The largest absolute Gasteiger partial charge is 0.391 e. The standard InChI is InChI=1S/C22H30N4O4/c1-14-8-9-17-20(29)18(13-25(3)21(17)24-14)22(30)23-10-6-4-5-7-19(28)26-12-16(27)11-15(26)2/h8-9,13,15-16,27H,4-7,10-12H2,1-3H3,(H,23,30)/t15-,16-/m1/s1. The molecule has 2 N–H and O–H groups in total. The molecule has 3 heterocycles. The number of rotatable bonds is 7. The Balaban J connectivity index is 1.46. The maximum Gasteiger partial charge on any atom is 0.256 e. The SMILES string of the molecule is Cc1ccc2c(=O)c(C(=O)NCCCCCC(=O)N3C[C@H](O)C[C@H]3C)cn(C)c2n1. The molecule has 2 atom stereocenters. The van der Waals surface area contributed by atoms with Crippen molar-refractivity contribution in [1.82, 2.24) is 19.8 Å². The molecular formula is C22H30N4O4. The predicted molar refractivity (Wildman–Crippen MR) is 114 cm³/mol. The number of hydrogen-bond acceptors (Lipinski definition) is 5. The van der Waals surface area contributed by atoms with Crippen molar-refractivity contribution in [2.75, 3.05) is 13.1 Å². The number of hydrogen-bond donors (Lipinski definition) is 2. The van der Waals surface area contributed by atoms with Crippen LogP contribution in [0.3, 0.4) is 0 Å². The Kier molecular flexibility index (Phi) is 6.87. The topological polar surface area (TPSA) is 105 Å². The summed E-state index contributed by atoms with van der Waals surface area (Å²) in [6, 6.07) is 3.56. The zero-order chi connectivity index (χ0) is 21.8. The first-order valence-electron chi connectivity index (χ1n) is 10.5. The molecule has 0 spiro atoms. The summed E-state index contributed by atoms with van der Waals surface area (Å²) >= 11 is 0. The molecule has 1 aliphatic rings. The lowest BCUT2D eigenvalue weighted by atomic mass is 10.1. The lowest BCUT2D eigenvalue weighted by Crippen LogP contribution is -2.34. The Labute approximate surface area is 175 Å². The van der Waals surface area contributed by atoms with Crippen LogP contribution in [0, 0.1) is 6.92 Å². The minimum atomic E-state index is -0.415. The third kappa shape index (κ3) is 4.87. The fourth-order valence-corrected chi connectivity index (χ4v) is 3.98. The zero-order valence-corrected chi connectivity index (χ0v) is 17.9. The van der Waals surface area contributed by atoms with Gasteiger partial charge in [-0.15, -0.1) is 0 Å². The molecule has 8 nitrogen and oxygen atoms in total. The van der Waals surface area contributed by atoms with Gasteiger partial charge >= 0.3 is 0 Å². The lowest BCUT2D eigenvalue weighted by Gasteiger charge is -2.21. The summed E-state index contributed by atoms with van der Waals surface area (Å²) in [5, 5.41) is 12.9. The number of likely N-dealkylation sites (tertiary alicyclic amines) is 1. The number of pyridine rings is 2. The van der Waals surface area contributed by atoms with Crippen LogP contribution in [0.15, 0.2) is 23.1 Å². The average molecular weight is 415 g/mol. The molecule has 2 aromatic rings. The van der Waals surface area contributed by atoms with Crippen molar-refractivity contribution in [3.63, 3.8) is 0 Å². The van der Waals surface area contributed by atoms with Gasteiger partial charge in [-0.05, 0) is 45.2 Å². The molecule has 1 fully saturated rings. The van der Waals surface area contributed by atoms with Crippen LogP contribution in [0.2, 0.25) is 0 Å². The second-order valence-corrected chi connectivity index (χ2v) is 8.16. The summed E-state index contributed by atoms with van der Waals surface area (Å²) in [4.78, 5) is 43.5. The highest BCUT2D eigenvalue weighted by atomic mass is 16.3. The molecule has 8 heteroatoms. The van der Waals surface area contributed by atoms with Gasteiger partial charge in [-0.3, -0.25) is 14.4 Å². The molecule has 2 amide bonds. The quantitative estimate of drug-likeness (QED) is 0.669. The summed E-state index contributed by atoms with van der Waals surface area (Å²) in [6.45, 7) is 4.68. The molecule has 0 aliphatic carbocycles. The molecular weight excluding hydrogens is 384 g/mol. The minimum absolute atomic E-state index is 0.0755. The maximum absolute atomic E-state index is 12.6. The van der Waals surface area contributed by atoms with Crippen LogP contribution in [0.25, 0.3) is 11.0 Å². The first kappa shape index (κ1) is 22.0. The second-order valence-electron chi connectivity index (χ2n) is 8.16. The smallest absolute Gasteiger partial charge is 0.256 e. The van der Waals surface area contributed by atoms with E-state index in [2.05, 4.69) is 10.3 Å². The third-order valence-electron chi connectivity index (χ3n) is 5.63. The zero-order valence-electron chi connectivity index (χ0n) is 17.9. The van der Waals surface area contributed by atoms with E-state index in [0.29, 0.717) is 37.0 Å². The number of aromatic nitrogens is 2. The number of aryl methyl sites for hydroxylation is 2. The normalized spacial score (nSPS) is 18.7. The Morgan fingerprint density at radius 3 is 2.73 bits per heavy atom. The van der Waals surface area contributed by atoms with E-state index in [0.717, 1.165) is 25.0 Å². The van der Waals surface area contributed by atoms with E-state index in [1.165, 1.54) is 6.20 Å². The van der Waals surface area contributed by atoms with E-state index in [1.807, 2.05) is 13.8 Å². The van der Waals surface area contributed by atoms with Crippen molar-refractivity contribution in [3.05, 3.63) is 39.8 Å². The number of unbranched alkanes of at least 4 members (excludes halogenated alkanes) is 2. The van der Waals surface area contributed by atoms with E-state index in [9.17, 15) is 19.5 Å². The van der Waals surface area contributed by atoms with Crippen LogP contribution in [0.1, 0.15) is 55.1 Å². The van der Waals surface area contributed by atoms with Gasteiger partial charge in [-0.2, -0.15) is 0 Å². The molecule has 2 aromatic heterocycles. The molecule has 0 bridgehead atoms. The van der Waals surface area contributed by atoms with Crippen LogP contribution in [-0.2, 0) is 11.8 Å². The Morgan fingerprint density at radius 1 is 1.27 bits per heavy atom. The highest BCUT2D eigenvalue weighted by molar-refractivity contribution is 5.96. The van der Waals surface area contributed by atoms with Crippen LogP contribution in [0.5, 0.6) is 0 Å². The number of aliphatic hydroxyl groups is 1. The number of fused-ring (bicyclic) bond motifs is 1. The van der Waals surface area contributed by atoms with Gasteiger partial charge in [-0.1, -0.05) is 6.42 Å². The van der Waals surface area contributed by atoms with Gasteiger partial charge in [0.15, 0.2) is 0 Å². The fraction of sp³-hybridized carbons (Fsp3) is 0.545. The number of amides is 2. The average Bonchev–Trinajstić information content (AvgIpc) is 3.05. The van der Waals surface area contributed by atoms with Gasteiger partial charge in [0.05, 0.1) is 11.5 Å². The summed E-state index contributed by atoms with van der Waals surface area (Å²) < 4.78 is 1.69. The number of nitrogens with one attached hydrogen (secondary N) is 1. The Morgan fingerprint density at radius 2 is 2.03 bits per heavy atom. The van der Waals surface area contributed by atoms with Gasteiger partial charge < -0.3 is 19.9 Å². The molecule has 30 heavy (non-hydrogen) atoms. The summed E-state index contributed by atoms with van der Waals surface area (Å²) in [6.07, 6.45) is 4.46. The molecule has 162 valence electrons. The van der Waals surface area contributed by atoms with Gasteiger partial charge in [-0.25, -0.2) is 4.98 Å². The first-order valence-corrected chi connectivity index (χ1v) is 10.5. The molecule has 1 aliphatic heterocycles. The van der Waals surface area contributed by atoms with Crippen molar-refractivity contribution in [2.45, 2.75) is 58.1 Å². The van der Waals surface area contributed by atoms with Crippen molar-refractivity contribution < 1.29 is 14.7 Å². The second kappa shape index (κ2) is 9.38. The van der Waals surface area contributed by atoms with Gasteiger partial charge in [0.1, 0.15) is 11.2 Å². The third-order valence-corrected chi connectivity index (χ3v) is 5.63. The first-order chi connectivity index (χ1) is 14.3. The molecule has 0 saturated carbocycles. The van der Waals surface area contributed by atoms with E-state index < -0.39 is 12.0 Å². The van der Waals surface area contributed by atoms with Crippen LogP contribution >= 0.6 is 0 Å². The van der Waals surface area contributed by atoms with Crippen molar-refractivity contribution >= 4 is 22.8 Å². The van der Waals surface area contributed by atoms with E-state index in [4.69, 9.17) is 0 Å². The number of carbonyl (C=O) groups excluding carboxylic acids is 2. The number of carbonyl (C=O) groups is 2. The number of nitrogens with zero attached hydrogens (tertiary/aromatic N) is 3. The molecule has 1 saturated heterocycles. The maximum atomic E-state index is 12.6.